The Kier molecular flexibility index (Phi) is 7.16. The van der Waals surface area contributed by atoms with Gasteiger partial charge in [0.2, 0.25) is 5.91 Å². The predicted octanol–water partition coefficient (Wildman–Crippen LogP) is 1.46. The average Bonchev–Trinajstić information content (AvgIpc) is 2.63. The van der Waals surface area contributed by atoms with Gasteiger partial charge in [-0.1, -0.05) is 12.1 Å². The van der Waals surface area contributed by atoms with Crippen molar-refractivity contribution in [1.29, 1.82) is 0 Å². The standard InChI is InChI=1S/C18H23N3O4/c1-24-12-10-19-17(22)7-4-11-21-18(23)9-8-16(20-21)14-5-3-6-15(13-14)25-2/h3,5-6,8-9,13H,4,7,10-12H2,1-2H3,(H,19,22). The Morgan fingerprint density at radius 3 is 2.84 bits per heavy atom. The van der Waals surface area contributed by atoms with Crippen molar-refractivity contribution in [2.45, 2.75) is 19.4 Å². The largest absolute Gasteiger partial charge is 0.497 e. The molecular formula is C18H23N3O4. The molecule has 0 radical (unpaired) electrons. The predicted molar refractivity (Wildman–Crippen MR) is 94.6 cm³/mol. The first-order valence-electron chi connectivity index (χ1n) is 8.12. The Morgan fingerprint density at radius 2 is 2.08 bits per heavy atom. The van der Waals surface area contributed by atoms with Crippen LogP contribution in [0.15, 0.2) is 41.2 Å². The van der Waals surface area contributed by atoms with Crippen molar-refractivity contribution in [1.82, 2.24) is 15.1 Å². The van der Waals surface area contributed by atoms with Crippen molar-refractivity contribution in [2.24, 2.45) is 0 Å². The Bertz CT molecular complexity index is 758. The highest BCUT2D eigenvalue weighted by Gasteiger charge is 2.06. The number of aryl methyl sites for hydroxylation is 1. The van der Waals surface area contributed by atoms with Crippen molar-refractivity contribution in [3.8, 4) is 17.0 Å². The van der Waals surface area contributed by atoms with Gasteiger partial charge in [-0.15, -0.1) is 0 Å². The third-order valence-electron chi connectivity index (χ3n) is 3.63. The fourth-order valence-electron chi connectivity index (χ4n) is 2.32. The Balaban J connectivity index is 1.99. The lowest BCUT2D eigenvalue weighted by Crippen LogP contribution is -2.28. The lowest BCUT2D eigenvalue weighted by Gasteiger charge is -2.08. The molecular weight excluding hydrogens is 322 g/mol. The van der Waals surface area contributed by atoms with Crippen molar-refractivity contribution >= 4 is 5.91 Å². The summed E-state index contributed by atoms with van der Waals surface area (Å²) in [6, 6.07) is 10.7. The van der Waals surface area contributed by atoms with Gasteiger partial charge >= 0.3 is 0 Å². The van der Waals surface area contributed by atoms with Gasteiger partial charge in [-0.05, 0) is 24.6 Å². The quantitative estimate of drug-likeness (QED) is 0.696. The molecule has 0 fully saturated rings. The van der Waals surface area contributed by atoms with E-state index >= 15 is 0 Å². The molecule has 7 nitrogen and oxygen atoms in total. The summed E-state index contributed by atoms with van der Waals surface area (Å²) in [5.41, 5.74) is 1.36. The first-order valence-corrected chi connectivity index (χ1v) is 8.12. The van der Waals surface area contributed by atoms with Crippen molar-refractivity contribution in [2.75, 3.05) is 27.4 Å². The zero-order valence-electron chi connectivity index (χ0n) is 14.5. The van der Waals surface area contributed by atoms with Gasteiger partial charge in [0.05, 0.1) is 19.4 Å². The van der Waals surface area contributed by atoms with Crippen LogP contribution in [0.2, 0.25) is 0 Å². The summed E-state index contributed by atoms with van der Waals surface area (Å²) >= 11 is 0. The van der Waals surface area contributed by atoms with Gasteiger partial charge in [-0.25, -0.2) is 4.68 Å². The van der Waals surface area contributed by atoms with E-state index in [1.807, 2.05) is 24.3 Å². The summed E-state index contributed by atoms with van der Waals surface area (Å²) in [5.74, 6) is 0.666. The van der Waals surface area contributed by atoms with Crippen LogP contribution < -0.4 is 15.6 Å². The minimum absolute atomic E-state index is 0.0611. The molecule has 0 aliphatic carbocycles. The number of nitrogens with one attached hydrogen (secondary N) is 1. The summed E-state index contributed by atoms with van der Waals surface area (Å²) in [7, 11) is 3.19. The van der Waals surface area contributed by atoms with Crippen LogP contribution in [0.25, 0.3) is 11.3 Å². The monoisotopic (exact) mass is 345 g/mol. The van der Waals surface area contributed by atoms with Crippen LogP contribution in [0.4, 0.5) is 0 Å². The van der Waals surface area contributed by atoms with Crippen LogP contribution in [-0.4, -0.2) is 43.1 Å². The van der Waals surface area contributed by atoms with E-state index in [9.17, 15) is 9.59 Å². The summed E-state index contributed by atoms with van der Waals surface area (Å²) in [4.78, 5) is 23.6. The molecule has 2 aromatic rings. The summed E-state index contributed by atoms with van der Waals surface area (Å²) in [5, 5.41) is 7.14. The second-order valence-electron chi connectivity index (χ2n) is 5.46. The van der Waals surface area contributed by atoms with Gasteiger partial charge in [0.1, 0.15) is 5.75 Å². The molecule has 2 rings (SSSR count). The normalized spacial score (nSPS) is 10.5. The second kappa shape index (κ2) is 9.58. The Morgan fingerprint density at radius 1 is 1.24 bits per heavy atom. The number of methoxy groups -OCH3 is 2. The fourth-order valence-corrected chi connectivity index (χ4v) is 2.32. The lowest BCUT2D eigenvalue weighted by atomic mass is 10.1. The molecule has 1 aromatic carbocycles. The molecule has 25 heavy (non-hydrogen) atoms. The molecule has 1 aromatic heterocycles. The fraction of sp³-hybridized carbons (Fsp3) is 0.389. The minimum atomic E-state index is -0.188. The van der Waals surface area contributed by atoms with Gasteiger partial charge in [0.25, 0.3) is 5.56 Å². The van der Waals surface area contributed by atoms with E-state index in [-0.39, 0.29) is 11.5 Å². The van der Waals surface area contributed by atoms with Crippen LogP contribution in [0.1, 0.15) is 12.8 Å². The van der Waals surface area contributed by atoms with Gasteiger partial charge in [-0.3, -0.25) is 9.59 Å². The van der Waals surface area contributed by atoms with Crippen LogP contribution in [-0.2, 0) is 16.1 Å². The molecule has 0 saturated heterocycles. The van der Waals surface area contributed by atoms with Gasteiger partial charge in [0, 0.05) is 38.2 Å². The van der Waals surface area contributed by atoms with Crippen LogP contribution >= 0.6 is 0 Å². The molecule has 0 aliphatic rings. The van der Waals surface area contributed by atoms with Crippen molar-refractivity contribution in [3.63, 3.8) is 0 Å². The highest BCUT2D eigenvalue weighted by molar-refractivity contribution is 5.75. The van der Waals surface area contributed by atoms with E-state index in [0.717, 1.165) is 11.3 Å². The van der Waals surface area contributed by atoms with Crippen LogP contribution in [0.5, 0.6) is 5.75 Å². The number of hydrogen-bond donors (Lipinski definition) is 1. The summed E-state index contributed by atoms with van der Waals surface area (Å²) < 4.78 is 11.5. The zero-order valence-corrected chi connectivity index (χ0v) is 14.5. The number of rotatable bonds is 9. The van der Waals surface area contributed by atoms with Crippen LogP contribution in [0.3, 0.4) is 0 Å². The highest BCUT2D eigenvalue weighted by Crippen LogP contribution is 2.21. The molecule has 0 unspecified atom stereocenters. The van der Waals surface area contributed by atoms with Crippen LogP contribution in [0, 0.1) is 0 Å². The Hall–Kier alpha value is -2.67. The maximum atomic E-state index is 12.0. The number of nitrogens with zero attached hydrogens (tertiary/aromatic N) is 2. The number of amides is 1. The lowest BCUT2D eigenvalue weighted by molar-refractivity contribution is -0.121. The molecule has 0 bridgehead atoms. The van der Waals surface area contributed by atoms with Gasteiger partial charge in [-0.2, -0.15) is 5.10 Å². The van der Waals surface area contributed by atoms with E-state index in [1.165, 1.54) is 10.7 Å². The minimum Gasteiger partial charge on any atom is -0.497 e. The third kappa shape index (κ3) is 5.72. The SMILES string of the molecule is COCCNC(=O)CCCn1nc(-c2cccc(OC)c2)ccc1=O. The first kappa shape index (κ1) is 18.7. The van der Waals surface area contributed by atoms with Gasteiger partial charge < -0.3 is 14.8 Å². The summed E-state index contributed by atoms with van der Waals surface area (Å²) in [6.45, 7) is 1.35. The Labute approximate surface area is 146 Å². The number of hydrogen-bond acceptors (Lipinski definition) is 5. The van der Waals surface area contributed by atoms with Crippen molar-refractivity contribution in [3.05, 3.63) is 46.8 Å². The molecule has 1 amide bonds. The van der Waals surface area contributed by atoms with Crippen molar-refractivity contribution < 1.29 is 14.3 Å². The third-order valence-corrected chi connectivity index (χ3v) is 3.63. The molecule has 0 atom stereocenters. The van der Waals surface area contributed by atoms with E-state index in [4.69, 9.17) is 9.47 Å². The zero-order chi connectivity index (χ0) is 18.1. The van der Waals surface area contributed by atoms with E-state index < -0.39 is 0 Å². The topological polar surface area (TPSA) is 82.4 Å². The second-order valence-corrected chi connectivity index (χ2v) is 5.46. The summed E-state index contributed by atoms with van der Waals surface area (Å²) in [6.07, 6.45) is 0.870. The highest BCUT2D eigenvalue weighted by atomic mass is 16.5. The molecule has 7 heteroatoms. The van der Waals surface area contributed by atoms with Gasteiger partial charge in [0.15, 0.2) is 0 Å². The first-order chi connectivity index (χ1) is 12.1. The molecule has 0 saturated carbocycles. The number of carbonyl (C=O) groups excluding carboxylic acids is 1. The molecule has 1 N–H and O–H groups in total. The number of benzene rings is 1. The average molecular weight is 345 g/mol. The molecule has 0 aliphatic heterocycles. The number of aromatic nitrogens is 2. The van der Waals surface area contributed by atoms with E-state index in [2.05, 4.69) is 10.4 Å². The van der Waals surface area contributed by atoms with E-state index in [1.54, 1.807) is 20.3 Å². The maximum Gasteiger partial charge on any atom is 0.266 e. The smallest absolute Gasteiger partial charge is 0.266 e. The molecule has 1 heterocycles. The molecule has 0 spiro atoms. The number of ether oxygens (including phenoxy) is 2. The maximum absolute atomic E-state index is 12.0. The molecule has 134 valence electrons. The van der Waals surface area contributed by atoms with E-state index in [0.29, 0.717) is 38.2 Å². The number of carbonyl (C=O) groups is 1.